The first-order valence-corrected chi connectivity index (χ1v) is 12.8. The Kier molecular flexibility index (Phi) is 6.92. The molecule has 0 spiro atoms. The van der Waals surface area contributed by atoms with Crippen molar-refractivity contribution in [3.8, 4) is 16.9 Å². The van der Waals surface area contributed by atoms with Crippen LogP contribution in [0.25, 0.3) is 16.9 Å². The van der Waals surface area contributed by atoms with Crippen LogP contribution in [0.15, 0.2) is 83.8 Å². The van der Waals surface area contributed by atoms with Gasteiger partial charge in [-0.3, -0.25) is 4.79 Å². The van der Waals surface area contributed by atoms with Crippen molar-refractivity contribution in [2.45, 2.75) is 17.6 Å². The lowest BCUT2D eigenvalue weighted by Crippen LogP contribution is -2.22. The number of nitrogens with zero attached hydrogens (tertiary/aromatic N) is 2. The van der Waals surface area contributed by atoms with E-state index in [2.05, 4.69) is 10.4 Å². The highest BCUT2D eigenvalue weighted by molar-refractivity contribution is 7.90. The molecule has 1 aromatic heterocycles. The van der Waals surface area contributed by atoms with Gasteiger partial charge in [-0.2, -0.15) is 18.3 Å². The van der Waals surface area contributed by atoms with Gasteiger partial charge in [0.05, 0.1) is 21.3 Å². The molecule has 6 nitrogen and oxygen atoms in total. The SMILES string of the molecule is CS(=O)(=O)c1ccc(CNC(=O)c2ccc(-c3cc(C(F)(F)F)nn3-c3ccccc3Cl)cc2)cc1. The topological polar surface area (TPSA) is 81.1 Å². The summed E-state index contributed by atoms with van der Waals surface area (Å²) in [6, 6.07) is 19.5. The van der Waals surface area contributed by atoms with E-state index >= 15 is 0 Å². The van der Waals surface area contributed by atoms with Crippen LogP contribution in [-0.4, -0.2) is 30.4 Å². The minimum atomic E-state index is -4.65. The Balaban J connectivity index is 1.55. The van der Waals surface area contributed by atoms with Crippen LogP contribution >= 0.6 is 11.6 Å². The van der Waals surface area contributed by atoms with Crippen LogP contribution in [0.1, 0.15) is 21.6 Å². The Labute approximate surface area is 210 Å². The second-order valence-electron chi connectivity index (χ2n) is 7.95. The summed E-state index contributed by atoms with van der Waals surface area (Å²) in [5.74, 6) is -0.399. The van der Waals surface area contributed by atoms with E-state index in [4.69, 9.17) is 11.6 Å². The van der Waals surface area contributed by atoms with Crippen LogP contribution in [0.2, 0.25) is 5.02 Å². The Hall–Kier alpha value is -3.63. The summed E-state index contributed by atoms with van der Waals surface area (Å²) in [7, 11) is -3.31. The van der Waals surface area contributed by atoms with Crippen LogP contribution in [0.4, 0.5) is 13.2 Å². The molecule has 36 heavy (non-hydrogen) atoms. The third-order valence-corrected chi connectivity index (χ3v) is 6.78. The van der Waals surface area contributed by atoms with E-state index in [-0.39, 0.29) is 27.8 Å². The molecule has 4 rings (SSSR count). The molecule has 0 aliphatic heterocycles. The third kappa shape index (κ3) is 5.60. The van der Waals surface area contributed by atoms with Crippen LogP contribution in [0, 0.1) is 0 Å². The van der Waals surface area contributed by atoms with Gasteiger partial charge in [-0.1, -0.05) is 48.0 Å². The molecule has 0 saturated heterocycles. The minimum Gasteiger partial charge on any atom is -0.348 e. The van der Waals surface area contributed by atoms with Gasteiger partial charge in [0.15, 0.2) is 15.5 Å². The summed E-state index contributed by atoms with van der Waals surface area (Å²) in [4.78, 5) is 12.7. The molecule has 186 valence electrons. The van der Waals surface area contributed by atoms with E-state index in [0.717, 1.165) is 17.0 Å². The zero-order valence-electron chi connectivity index (χ0n) is 18.8. The molecule has 1 amide bonds. The molecule has 4 aromatic rings. The summed E-state index contributed by atoms with van der Waals surface area (Å²) in [5, 5.41) is 6.68. The number of carbonyl (C=O) groups is 1. The van der Waals surface area contributed by atoms with Crippen molar-refractivity contribution in [3.63, 3.8) is 0 Å². The molecular formula is C25H19ClF3N3O3S. The van der Waals surface area contributed by atoms with Gasteiger partial charge in [-0.25, -0.2) is 13.1 Å². The Bertz CT molecular complexity index is 1510. The Morgan fingerprint density at radius 2 is 1.64 bits per heavy atom. The number of aromatic nitrogens is 2. The number of benzene rings is 3. The van der Waals surface area contributed by atoms with E-state index in [1.807, 2.05) is 0 Å². The number of para-hydroxylation sites is 1. The average molecular weight is 534 g/mol. The normalized spacial score (nSPS) is 11.9. The van der Waals surface area contributed by atoms with Crippen LogP contribution in [0.3, 0.4) is 0 Å². The number of sulfone groups is 1. The maximum absolute atomic E-state index is 13.4. The van der Waals surface area contributed by atoms with Gasteiger partial charge in [0, 0.05) is 23.9 Å². The number of carbonyl (C=O) groups excluding carboxylic acids is 1. The molecule has 0 atom stereocenters. The fourth-order valence-corrected chi connectivity index (χ4v) is 4.31. The number of amides is 1. The van der Waals surface area contributed by atoms with Gasteiger partial charge in [0.25, 0.3) is 5.91 Å². The van der Waals surface area contributed by atoms with Crippen molar-refractivity contribution in [1.82, 2.24) is 15.1 Å². The minimum absolute atomic E-state index is 0.161. The zero-order chi connectivity index (χ0) is 26.1. The van der Waals surface area contributed by atoms with Gasteiger partial charge in [0.2, 0.25) is 0 Å². The van der Waals surface area contributed by atoms with Gasteiger partial charge in [-0.05, 0) is 48.0 Å². The number of rotatable bonds is 6. The van der Waals surface area contributed by atoms with Crippen molar-refractivity contribution >= 4 is 27.3 Å². The van der Waals surface area contributed by atoms with E-state index in [9.17, 15) is 26.4 Å². The lowest BCUT2D eigenvalue weighted by molar-refractivity contribution is -0.141. The first-order chi connectivity index (χ1) is 16.9. The number of halogens is 4. The quantitative estimate of drug-likeness (QED) is 0.352. The van der Waals surface area contributed by atoms with Crippen molar-refractivity contribution in [2.24, 2.45) is 0 Å². The van der Waals surface area contributed by atoms with E-state index < -0.39 is 27.6 Å². The van der Waals surface area contributed by atoms with Crippen LogP contribution in [0.5, 0.6) is 0 Å². The fourth-order valence-electron chi connectivity index (χ4n) is 3.46. The van der Waals surface area contributed by atoms with Gasteiger partial charge < -0.3 is 5.32 Å². The molecule has 0 bridgehead atoms. The monoisotopic (exact) mass is 533 g/mol. The zero-order valence-corrected chi connectivity index (χ0v) is 20.3. The molecule has 0 aliphatic carbocycles. The Morgan fingerprint density at radius 1 is 1.00 bits per heavy atom. The highest BCUT2D eigenvalue weighted by Gasteiger charge is 2.35. The smallest absolute Gasteiger partial charge is 0.348 e. The van der Waals surface area contributed by atoms with Gasteiger partial charge >= 0.3 is 6.18 Å². The second-order valence-corrected chi connectivity index (χ2v) is 10.4. The van der Waals surface area contributed by atoms with Gasteiger partial charge in [0.1, 0.15) is 0 Å². The molecule has 0 radical (unpaired) electrons. The van der Waals surface area contributed by atoms with Crippen LogP contribution < -0.4 is 5.32 Å². The molecule has 0 aliphatic rings. The van der Waals surface area contributed by atoms with Crippen molar-refractivity contribution in [1.29, 1.82) is 0 Å². The van der Waals surface area contributed by atoms with Crippen molar-refractivity contribution in [2.75, 3.05) is 6.26 Å². The lowest BCUT2D eigenvalue weighted by atomic mass is 10.1. The highest BCUT2D eigenvalue weighted by Crippen LogP contribution is 2.34. The molecule has 0 unspecified atom stereocenters. The second kappa shape index (κ2) is 9.79. The third-order valence-electron chi connectivity index (χ3n) is 5.33. The predicted octanol–water partition coefficient (Wildman–Crippen LogP) is 5.55. The molecule has 3 aromatic carbocycles. The summed E-state index contributed by atoms with van der Waals surface area (Å²) >= 11 is 6.20. The Morgan fingerprint density at radius 3 is 2.22 bits per heavy atom. The first kappa shape index (κ1) is 25.5. The number of hydrogen-bond donors (Lipinski definition) is 1. The highest BCUT2D eigenvalue weighted by atomic mass is 35.5. The molecule has 0 saturated carbocycles. The largest absolute Gasteiger partial charge is 0.435 e. The summed E-state index contributed by atoms with van der Waals surface area (Å²) < 4.78 is 64.4. The maximum Gasteiger partial charge on any atom is 0.435 e. The molecule has 0 fully saturated rings. The van der Waals surface area contributed by atoms with Crippen molar-refractivity contribution < 1.29 is 26.4 Å². The van der Waals surface area contributed by atoms with Gasteiger partial charge in [-0.15, -0.1) is 0 Å². The first-order valence-electron chi connectivity index (χ1n) is 10.5. The van der Waals surface area contributed by atoms with Crippen LogP contribution in [-0.2, 0) is 22.6 Å². The predicted molar refractivity (Wildman–Crippen MR) is 130 cm³/mol. The van der Waals surface area contributed by atoms with E-state index in [1.165, 1.54) is 36.4 Å². The summed E-state index contributed by atoms with van der Waals surface area (Å²) in [6.07, 6.45) is -3.54. The molecular weight excluding hydrogens is 515 g/mol. The lowest BCUT2D eigenvalue weighted by Gasteiger charge is -2.10. The molecule has 11 heteroatoms. The van der Waals surface area contributed by atoms with E-state index in [0.29, 0.717) is 16.7 Å². The number of nitrogens with one attached hydrogen (secondary N) is 1. The summed E-state index contributed by atoms with van der Waals surface area (Å²) in [5.41, 5.74) is 0.788. The van der Waals surface area contributed by atoms with E-state index in [1.54, 1.807) is 36.4 Å². The number of hydrogen-bond acceptors (Lipinski definition) is 4. The maximum atomic E-state index is 13.4. The molecule has 1 N–H and O–H groups in total. The fraction of sp³-hybridized carbons (Fsp3) is 0.120. The summed E-state index contributed by atoms with van der Waals surface area (Å²) in [6.45, 7) is 0.166. The standard InChI is InChI=1S/C25H19ClF3N3O3S/c1-36(34,35)19-12-6-16(7-13-19)15-30-24(33)18-10-8-17(9-11-18)22-14-23(25(27,28)29)31-32(22)21-5-3-2-4-20(21)26/h2-14H,15H2,1H3,(H,30,33). The number of alkyl halides is 3. The molecule has 1 heterocycles. The average Bonchev–Trinajstić information content (AvgIpc) is 3.28. The van der Waals surface area contributed by atoms with Crippen molar-refractivity contribution in [3.05, 3.63) is 101 Å².